The summed E-state index contributed by atoms with van der Waals surface area (Å²) in [5, 5.41) is 0. The van der Waals surface area contributed by atoms with Gasteiger partial charge in [0.05, 0.1) is 7.11 Å². The highest BCUT2D eigenvalue weighted by molar-refractivity contribution is 6.24. The van der Waals surface area contributed by atoms with Crippen molar-refractivity contribution in [3.05, 3.63) is 0 Å². The molecule has 0 amide bonds. The van der Waals surface area contributed by atoms with Crippen LogP contribution in [-0.4, -0.2) is 45.8 Å². The Kier molecular flexibility index (Phi) is 14.8. The maximum Gasteiger partial charge on any atom is 0.324 e. The van der Waals surface area contributed by atoms with Gasteiger partial charge in [0.1, 0.15) is 6.04 Å². The summed E-state index contributed by atoms with van der Waals surface area (Å²) in [4.78, 5) is 22.9. The van der Waals surface area contributed by atoms with E-state index in [9.17, 15) is 4.79 Å². The summed E-state index contributed by atoms with van der Waals surface area (Å²) in [5.74, 6) is -0.461. The number of nitrogens with two attached hydrogens (primary N) is 1. The Morgan fingerprint density at radius 2 is 2.31 bits per heavy atom. The van der Waals surface area contributed by atoms with E-state index >= 15 is 0 Å². The van der Waals surface area contributed by atoms with Gasteiger partial charge in [-0.15, -0.1) is 0 Å². The molecule has 1 atom stereocenters. The topological polar surface area (TPSA) is 103 Å². The number of rotatable bonds is 6. The molecule has 0 rings (SSSR count). The summed E-state index contributed by atoms with van der Waals surface area (Å²) in [7, 11) is 2.74. The van der Waals surface area contributed by atoms with E-state index in [0.29, 0.717) is 6.54 Å². The first-order valence-corrected chi connectivity index (χ1v) is 4.67. The van der Waals surface area contributed by atoms with E-state index < -0.39 is 12.0 Å². The molecule has 0 aromatic heterocycles. The normalized spacial score (nSPS) is 10.2. The fraction of sp³-hybridized carbons (Fsp3) is 0.750. The molecule has 1 unspecified atom stereocenters. The van der Waals surface area contributed by atoms with Gasteiger partial charge in [-0.05, 0) is 6.92 Å². The average molecular weight is 230 g/mol. The van der Waals surface area contributed by atoms with Crippen molar-refractivity contribution in [2.24, 2.45) is 10.7 Å². The number of hydrogen-bond acceptors (Lipinski definition) is 7. The van der Waals surface area contributed by atoms with Gasteiger partial charge < -0.3 is 15.2 Å². The molecule has 0 aliphatic heterocycles. The lowest BCUT2D eigenvalue weighted by molar-refractivity contribution is -0.142. The van der Waals surface area contributed by atoms with Crippen LogP contribution in [0.25, 0.3) is 0 Å². The van der Waals surface area contributed by atoms with Crippen molar-refractivity contribution >= 4 is 19.5 Å². The fourth-order valence-electron chi connectivity index (χ4n) is 0.520. The molecule has 0 aromatic carbocycles. The van der Waals surface area contributed by atoms with Crippen LogP contribution in [0.1, 0.15) is 6.92 Å². The second kappa shape index (κ2) is 13.8. The van der Waals surface area contributed by atoms with Crippen LogP contribution < -0.4 is 11.2 Å². The van der Waals surface area contributed by atoms with E-state index in [1.165, 1.54) is 20.7 Å². The molecular formula is C8H17BN3O4. The minimum absolute atomic E-state index is 0.233. The second-order valence-corrected chi connectivity index (χ2v) is 2.40. The molecule has 0 saturated carbocycles. The predicted octanol–water partition coefficient (Wildman–Crippen LogP) is -0.983. The Morgan fingerprint density at radius 3 is 2.62 bits per heavy atom. The first kappa shape index (κ1) is 17.2. The van der Waals surface area contributed by atoms with Crippen molar-refractivity contribution in [3.63, 3.8) is 0 Å². The molecule has 7 nitrogen and oxygen atoms in total. The SMILES string of the molecule is CCN=C=O.C[B]ONCC(N)C(=O)OC. The lowest BCUT2D eigenvalue weighted by Gasteiger charge is -2.09. The monoisotopic (exact) mass is 230 g/mol. The van der Waals surface area contributed by atoms with Gasteiger partial charge in [0.25, 0.3) is 0 Å². The lowest BCUT2D eigenvalue weighted by atomic mass is 10.1. The third-order valence-corrected chi connectivity index (χ3v) is 1.23. The molecule has 0 aliphatic rings. The molecule has 8 heteroatoms. The molecule has 0 spiro atoms. The molecule has 0 aliphatic carbocycles. The van der Waals surface area contributed by atoms with E-state index in [4.69, 9.17) is 10.5 Å². The highest BCUT2D eigenvalue weighted by atomic mass is 16.6. The number of methoxy groups -OCH3 is 1. The Labute approximate surface area is 95.6 Å². The van der Waals surface area contributed by atoms with Gasteiger partial charge >= 0.3 is 13.5 Å². The van der Waals surface area contributed by atoms with Gasteiger partial charge in [0.2, 0.25) is 6.08 Å². The van der Waals surface area contributed by atoms with Crippen LogP contribution in [0.4, 0.5) is 0 Å². The van der Waals surface area contributed by atoms with Crippen molar-refractivity contribution in [2.45, 2.75) is 19.8 Å². The van der Waals surface area contributed by atoms with Crippen molar-refractivity contribution in [2.75, 3.05) is 20.2 Å². The minimum atomic E-state index is -0.681. The summed E-state index contributed by atoms with van der Waals surface area (Å²) >= 11 is 0. The first-order chi connectivity index (χ1) is 7.63. The number of hydroxylamine groups is 1. The molecule has 0 saturated heterocycles. The molecule has 0 bridgehead atoms. The minimum Gasteiger partial charge on any atom is -0.468 e. The van der Waals surface area contributed by atoms with Crippen LogP contribution in [0.15, 0.2) is 4.99 Å². The number of nitrogens with zero attached hydrogens (tertiary/aromatic N) is 1. The van der Waals surface area contributed by atoms with Crippen LogP contribution >= 0.6 is 0 Å². The zero-order valence-corrected chi connectivity index (χ0v) is 9.73. The van der Waals surface area contributed by atoms with Crippen molar-refractivity contribution in [1.82, 2.24) is 5.48 Å². The Hall–Kier alpha value is -1.21. The predicted molar refractivity (Wildman–Crippen MR) is 59.4 cm³/mol. The number of esters is 1. The second-order valence-electron chi connectivity index (χ2n) is 2.40. The molecule has 0 aromatic rings. The molecule has 16 heavy (non-hydrogen) atoms. The quantitative estimate of drug-likeness (QED) is 0.152. The third-order valence-electron chi connectivity index (χ3n) is 1.23. The number of hydrogen-bond donors (Lipinski definition) is 2. The number of carbonyl (C=O) groups excluding carboxylic acids is 2. The highest BCUT2D eigenvalue weighted by Gasteiger charge is 2.12. The van der Waals surface area contributed by atoms with E-state index in [-0.39, 0.29) is 6.54 Å². The molecule has 91 valence electrons. The summed E-state index contributed by atoms with van der Waals surface area (Å²) in [6, 6.07) is -0.681. The molecule has 1 radical (unpaired) electrons. The Morgan fingerprint density at radius 1 is 1.69 bits per heavy atom. The van der Waals surface area contributed by atoms with E-state index in [1.54, 1.807) is 13.7 Å². The average Bonchev–Trinajstić information content (AvgIpc) is 2.30. The summed E-state index contributed by atoms with van der Waals surface area (Å²) < 4.78 is 9.01. The van der Waals surface area contributed by atoms with Crippen LogP contribution in [0.2, 0.25) is 6.82 Å². The number of ether oxygens (including phenoxy) is 1. The molecular weight excluding hydrogens is 213 g/mol. The zero-order valence-electron chi connectivity index (χ0n) is 9.73. The molecule has 3 N–H and O–H groups in total. The Balaban J connectivity index is 0. The maximum atomic E-state index is 10.7. The van der Waals surface area contributed by atoms with Crippen LogP contribution in [0.5, 0.6) is 0 Å². The lowest BCUT2D eigenvalue weighted by Crippen LogP contribution is -2.41. The number of carbonyl (C=O) groups is 1. The van der Waals surface area contributed by atoms with E-state index in [1.807, 2.05) is 0 Å². The zero-order chi connectivity index (χ0) is 12.8. The summed E-state index contributed by atoms with van der Waals surface area (Å²) in [6.45, 7) is 4.27. The standard InChI is InChI=1S/C5H12BN2O3.C3H5NO/c1-6-11-8-3-4(7)5(9)10-2;1-2-4-3-5/h4,8H,3,7H2,1-2H3;2H2,1H3. The van der Waals surface area contributed by atoms with Crippen LogP contribution in [0, 0.1) is 0 Å². The summed E-state index contributed by atoms with van der Waals surface area (Å²) in [6.07, 6.45) is 1.39. The smallest absolute Gasteiger partial charge is 0.324 e. The first-order valence-electron chi connectivity index (χ1n) is 4.67. The van der Waals surface area contributed by atoms with Gasteiger partial charge in [0.15, 0.2) is 0 Å². The third kappa shape index (κ3) is 12.8. The van der Waals surface area contributed by atoms with E-state index in [0.717, 1.165) is 0 Å². The van der Waals surface area contributed by atoms with Gasteiger partial charge in [-0.1, -0.05) is 6.82 Å². The van der Waals surface area contributed by atoms with Gasteiger partial charge in [-0.2, -0.15) is 0 Å². The largest absolute Gasteiger partial charge is 0.468 e. The van der Waals surface area contributed by atoms with Crippen LogP contribution in [0.3, 0.4) is 0 Å². The summed E-state index contributed by atoms with van der Waals surface area (Å²) in [5.41, 5.74) is 7.81. The van der Waals surface area contributed by atoms with E-state index in [2.05, 4.69) is 20.0 Å². The number of aliphatic imine (C=N–C) groups is 1. The van der Waals surface area contributed by atoms with Crippen molar-refractivity contribution in [1.29, 1.82) is 0 Å². The molecule has 0 heterocycles. The van der Waals surface area contributed by atoms with Crippen molar-refractivity contribution < 1.29 is 19.1 Å². The van der Waals surface area contributed by atoms with Crippen molar-refractivity contribution in [3.8, 4) is 0 Å². The Bertz CT molecular complexity index is 221. The van der Waals surface area contributed by atoms with Gasteiger partial charge in [0, 0.05) is 13.1 Å². The van der Waals surface area contributed by atoms with Gasteiger partial charge in [-0.3, -0.25) is 4.79 Å². The maximum absolute atomic E-state index is 10.7. The van der Waals surface area contributed by atoms with Crippen LogP contribution in [-0.2, 0) is 19.1 Å². The fourth-order valence-corrected chi connectivity index (χ4v) is 0.520. The highest BCUT2D eigenvalue weighted by Crippen LogP contribution is 1.80. The van der Waals surface area contributed by atoms with Gasteiger partial charge in [-0.25, -0.2) is 15.3 Å². The number of isocyanates is 1. The number of nitrogens with one attached hydrogen (secondary N) is 1. The molecule has 0 fully saturated rings.